The lowest BCUT2D eigenvalue weighted by molar-refractivity contribution is -0.923. The second-order valence-corrected chi connectivity index (χ2v) is 17.8. The number of nitrogens with zero attached hydrogens (tertiary/aromatic N) is 4. The Balaban J connectivity index is 1.04. The van der Waals surface area contributed by atoms with Gasteiger partial charge in [0, 0.05) is 49.1 Å². The molecular formula is C46H59FN9O10+. The van der Waals surface area contributed by atoms with E-state index in [9.17, 15) is 43.5 Å². The van der Waals surface area contributed by atoms with Crippen LogP contribution in [0, 0.1) is 11.7 Å². The number of carbonyl (C=O) groups is 7. The van der Waals surface area contributed by atoms with Crippen molar-refractivity contribution in [3.8, 4) is 5.75 Å². The summed E-state index contributed by atoms with van der Waals surface area (Å²) in [4.78, 5) is 103. The van der Waals surface area contributed by atoms with Crippen LogP contribution in [0.3, 0.4) is 0 Å². The first-order chi connectivity index (χ1) is 31.3. The highest BCUT2D eigenvalue weighted by Crippen LogP contribution is 2.42. The van der Waals surface area contributed by atoms with Crippen molar-refractivity contribution < 1.29 is 52.3 Å². The van der Waals surface area contributed by atoms with Crippen LogP contribution >= 0.6 is 0 Å². The number of aromatic nitrogens is 1. The van der Waals surface area contributed by atoms with Gasteiger partial charge in [0.1, 0.15) is 36.5 Å². The van der Waals surface area contributed by atoms with Crippen molar-refractivity contribution in [2.45, 2.75) is 84.0 Å². The number of urea groups is 1. The van der Waals surface area contributed by atoms with E-state index < -0.39 is 52.7 Å². The normalized spacial score (nSPS) is 17.3. The number of carboxylic acid groups (broad SMARTS) is 1. The quantitative estimate of drug-likeness (QED) is 0.0546. The molecule has 7 N–H and O–H groups in total. The standard InChI is InChI=1S/C46H58FN9O10/c1-27(2)38(52-35(57)10-6-5-7-18-54-36(58)15-16-37(54)59)44(62)51-34(9-8-17-49-46(48)65)43(61)50-30-13-11-29(12-14-30)25-56(4)21-19-53(20-22-56)40-33(47)23-31-39-42(40)66-26-28(3)55(39)24-32(41(31)60)45(63)64/h11-16,23-24,27-28,34,38H,5-10,17-22,25-26H2,1-4H3,(H6-,48,49,50,51,52,57,61,62,63,64,65)/p+1/t28-,34-,38-/m0/s1. The molecule has 0 aliphatic carbocycles. The van der Waals surface area contributed by atoms with Gasteiger partial charge in [-0.25, -0.2) is 14.0 Å². The molecule has 3 atom stereocenters. The van der Waals surface area contributed by atoms with Gasteiger partial charge in [-0.1, -0.05) is 32.4 Å². The molecule has 0 spiro atoms. The maximum absolute atomic E-state index is 15.9. The minimum absolute atomic E-state index is 0.0401. The smallest absolute Gasteiger partial charge is 0.341 e. The van der Waals surface area contributed by atoms with Gasteiger partial charge >= 0.3 is 12.0 Å². The SMILES string of the molecule is CC(C)[C@H](NC(=O)CCCCCN1C(=O)C=CC1=O)C(=O)N[C@@H](CCCNC(N)=O)C(=O)Nc1ccc(C[N+]2(C)CCN(c3c(F)cc4c(=O)c(C(=O)O)cn5c4c3OC[C@@H]5C)CC2)cc1. The van der Waals surface area contributed by atoms with Gasteiger partial charge in [-0.2, -0.15) is 0 Å². The summed E-state index contributed by atoms with van der Waals surface area (Å²) in [7, 11) is 2.10. The van der Waals surface area contributed by atoms with E-state index in [1.54, 1.807) is 30.5 Å². The first kappa shape index (κ1) is 48.6. The molecule has 19 nitrogen and oxygen atoms in total. The molecule has 6 rings (SSSR count). The van der Waals surface area contributed by atoms with Crippen LogP contribution in [0.2, 0.25) is 0 Å². The van der Waals surface area contributed by atoms with E-state index in [1.165, 1.54) is 18.3 Å². The Morgan fingerprint density at radius 2 is 1.64 bits per heavy atom. The number of halogens is 1. The Kier molecular flexibility index (Phi) is 15.5. The molecule has 0 saturated carbocycles. The second-order valence-electron chi connectivity index (χ2n) is 17.8. The molecule has 66 heavy (non-hydrogen) atoms. The van der Waals surface area contributed by atoms with Crippen molar-refractivity contribution in [2.24, 2.45) is 11.7 Å². The number of benzene rings is 2. The van der Waals surface area contributed by atoms with Gasteiger partial charge in [-0.3, -0.25) is 33.7 Å². The lowest BCUT2D eigenvalue weighted by atomic mass is 10.0. The summed E-state index contributed by atoms with van der Waals surface area (Å²) in [5.41, 5.74) is 6.11. The molecule has 20 heteroatoms. The van der Waals surface area contributed by atoms with Crippen molar-refractivity contribution in [1.82, 2.24) is 25.4 Å². The second kappa shape index (κ2) is 21.0. The Morgan fingerprint density at radius 1 is 0.955 bits per heavy atom. The lowest BCUT2D eigenvalue weighted by Crippen LogP contribution is -2.57. The van der Waals surface area contributed by atoms with E-state index in [0.29, 0.717) is 74.1 Å². The zero-order chi connectivity index (χ0) is 47.9. The van der Waals surface area contributed by atoms with Gasteiger partial charge in [0.2, 0.25) is 23.2 Å². The third kappa shape index (κ3) is 11.5. The molecule has 1 saturated heterocycles. The highest BCUT2D eigenvalue weighted by Gasteiger charge is 2.35. The molecule has 0 radical (unpaired) electrons. The van der Waals surface area contributed by atoms with Crippen LogP contribution in [0.5, 0.6) is 5.75 Å². The fraction of sp³-hybridized carbons (Fsp3) is 0.478. The van der Waals surface area contributed by atoms with Gasteiger partial charge in [0.25, 0.3) is 11.8 Å². The number of amides is 7. The number of hydrogen-bond donors (Lipinski definition) is 6. The molecule has 0 bridgehead atoms. The zero-order valence-electron chi connectivity index (χ0n) is 37.7. The highest BCUT2D eigenvalue weighted by atomic mass is 19.1. The van der Waals surface area contributed by atoms with Crippen molar-refractivity contribution >= 4 is 63.8 Å². The van der Waals surface area contributed by atoms with Gasteiger partial charge < -0.3 is 50.8 Å². The molecule has 3 aliphatic rings. The average molecular weight is 917 g/mol. The number of primary amides is 1. The van der Waals surface area contributed by atoms with Crippen molar-refractivity contribution in [3.63, 3.8) is 0 Å². The van der Waals surface area contributed by atoms with Crippen LogP contribution in [0.1, 0.15) is 81.3 Å². The Labute approximate surface area is 381 Å². The minimum atomic E-state index is -1.38. The maximum Gasteiger partial charge on any atom is 0.341 e. The van der Waals surface area contributed by atoms with Gasteiger partial charge in [0.15, 0.2) is 11.6 Å². The average Bonchev–Trinajstić information content (AvgIpc) is 3.58. The van der Waals surface area contributed by atoms with Crippen molar-refractivity contribution in [1.29, 1.82) is 0 Å². The summed E-state index contributed by atoms with van der Waals surface area (Å²) in [6.07, 6.45) is 5.94. The molecule has 2 aromatic carbocycles. The van der Waals surface area contributed by atoms with Gasteiger partial charge in [-0.05, 0) is 56.7 Å². The number of aromatic carboxylic acids is 1. The fourth-order valence-corrected chi connectivity index (χ4v) is 8.56. The summed E-state index contributed by atoms with van der Waals surface area (Å²) < 4.78 is 24.3. The Bertz CT molecular complexity index is 2450. The van der Waals surface area contributed by atoms with E-state index in [1.807, 2.05) is 24.0 Å². The van der Waals surface area contributed by atoms with E-state index in [4.69, 9.17) is 10.5 Å². The maximum atomic E-state index is 15.9. The molecule has 3 aliphatic heterocycles. The molecule has 1 aromatic heterocycles. The number of nitrogens with one attached hydrogen (secondary N) is 4. The third-order valence-electron chi connectivity index (χ3n) is 12.3. The summed E-state index contributed by atoms with van der Waals surface area (Å²) in [5.74, 6) is -4.25. The number of hydrogen-bond acceptors (Lipinski definition) is 10. The van der Waals surface area contributed by atoms with Gasteiger partial charge in [0.05, 0.1) is 50.2 Å². The van der Waals surface area contributed by atoms with E-state index in [-0.39, 0.29) is 79.0 Å². The number of unbranched alkanes of at least 4 members (excludes halogenated alkanes) is 2. The number of rotatable bonds is 20. The number of pyridine rings is 1. The van der Waals surface area contributed by atoms with Gasteiger partial charge in [-0.15, -0.1) is 0 Å². The predicted octanol–water partition coefficient (Wildman–Crippen LogP) is 2.76. The molecule has 4 heterocycles. The lowest BCUT2D eigenvalue weighted by Gasteiger charge is -2.43. The number of piperazine rings is 1. The number of carbonyl (C=O) groups excluding carboxylic acids is 6. The first-order valence-corrected chi connectivity index (χ1v) is 22.3. The summed E-state index contributed by atoms with van der Waals surface area (Å²) in [6, 6.07) is 5.47. The fourth-order valence-electron chi connectivity index (χ4n) is 8.56. The first-order valence-electron chi connectivity index (χ1n) is 22.3. The molecular weight excluding hydrogens is 858 g/mol. The Morgan fingerprint density at radius 3 is 2.27 bits per heavy atom. The number of ether oxygens (including phenoxy) is 1. The topological polar surface area (TPSA) is 252 Å². The van der Waals surface area contributed by atoms with Crippen molar-refractivity contribution in [3.05, 3.63) is 75.8 Å². The molecule has 7 amide bonds. The predicted molar refractivity (Wildman–Crippen MR) is 242 cm³/mol. The van der Waals surface area contributed by atoms with Crippen LogP contribution in [0.15, 0.2) is 53.5 Å². The van der Waals surface area contributed by atoms with Crippen LogP contribution in [0.4, 0.5) is 20.6 Å². The summed E-state index contributed by atoms with van der Waals surface area (Å²) in [5, 5.41) is 20.5. The highest BCUT2D eigenvalue weighted by molar-refractivity contribution is 6.12. The van der Waals surface area contributed by atoms with Crippen molar-refractivity contribution in [2.75, 3.05) is 63.1 Å². The molecule has 354 valence electrons. The summed E-state index contributed by atoms with van der Waals surface area (Å²) >= 11 is 0. The third-order valence-corrected chi connectivity index (χ3v) is 12.3. The van der Waals surface area contributed by atoms with E-state index >= 15 is 4.39 Å². The Hall–Kier alpha value is -6.83. The van der Waals surface area contributed by atoms with E-state index in [0.717, 1.165) is 16.5 Å². The number of quaternary nitrogens is 1. The molecule has 0 unspecified atom stereocenters. The number of nitrogens with two attached hydrogens (primary N) is 1. The molecule has 3 aromatic rings. The van der Waals surface area contributed by atoms with Crippen LogP contribution in [-0.2, 0) is 30.5 Å². The largest absolute Gasteiger partial charge is 0.487 e. The van der Waals surface area contributed by atoms with Crippen LogP contribution in [-0.4, -0.2) is 126 Å². The number of carboxylic acids is 1. The molecule has 1 fully saturated rings. The number of anilines is 2. The number of imide groups is 1. The number of likely N-dealkylation sites (N-methyl/N-ethyl adjacent to an activating group) is 1. The van der Waals surface area contributed by atoms with Crippen LogP contribution < -0.4 is 42.1 Å². The van der Waals surface area contributed by atoms with Crippen LogP contribution in [0.25, 0.3) is 10.9 Å². The zero-order valence-corrected chi connectivity index (χ0v) is 37.7. The summed E-state index contributed by atoms with van der Waals surface area (Å²) in [6.45, 7) is 8.86. The monoisotopic (exact) mass is 916 g/mol. The van der Waals surface area contributed by atoms with E-state index in [2.05, 4.69) is 28.3 Å². The minimum Gasteiger partial charge on any atom is -0.487 e.